The number of phenolic OH excluding ortho intramolecular Hbond substituents is 1. The fourth-order valence-electron chi connectivity index (χ4n) is 3.69. The summed E-state index contributed by atoms with van der Waals surface area (Å²) in [5, 5.41) is 19.8. The number of phenols is 1. The highest BCUT2D eigenvalue weighted by Gasteiger charge is 2.26. The highest BCUT2D eigenvalue weighted by atomic mass is 16.6. The number of carboxylic acid groups (broad SMARTS) is 1. The molecule has 35 heavy (non-hydrogen) atoms. The van der Waals surface area contributed by atoms with Crippen LogP contribution in [-0.4, -0.2) is 27.8 Å². The van der Waals surface area contributed by atoms with Crippen LogP contribution in [0.4, 0.5) is 0 Å². The molecule has 0 amide bonds. The van der Waals surface area contributed by atoms with Crippen molar-refractivity contribution < 1.29 is 29.3 Å². The molecule has 3 rings (SSSR count). The summed E-state index contributed by atoms with van der Waals surface area (Å²) in [5.74, 6) is -0.869. The molecule has 3 aromatic carbocycles. The van der Waals surface area contributed by atoms with Crippen molar-refractivity contribution in [1.82, 2.24) is 0 Å². The molecule has 0 aliphatic carbocycles. The molecule has 184 valence electrons. The molecule has 0 fully saturated rings. The summed E-state index contributed by atoms with van der Waals surface area (Å²) >= 11 is 0. The molecular formula is C29H32O6. The van der Waals surface area contributed by atoms with Crippen molar-refractivity contribution in [2.45, 2.75) is 59.2 Å². The molecule has 0 saturated carbocycles. The van der Waals surface area contributed by atoms with Gasteiger partial charge in [-0.3, -0.25) is 4.79 Å². The van der Waals surface area contributed by atoms with Crippen LogP contribution in [0.1, 0.15) is 67.6 Å². The average molecular weight is 477 g/mol. The van der Waals surface area contributed by atoms with Gasteiger partial charge in [-0.15, -0.1) is 0 Å². The van der Waals surface area contributed by atoms with Crippen molar-refractivity contribution in [3.8, 4) is 22.6 Å². The van der Waals surface area contributed by atoms with Gasteiger partial charge in [-0.25, -0.2) is 4.79 Å². The Kier molecular flexibility index (Phi) is 7.85. The van der Waals surface area contributed by atoms with Gasteiger partial charge < -0.3 is 19.7 Å². The Morgan fingerprint density at radius 1 is 0.886 bits per heavy atom. The van der Waals surface area contributed by atoms with Gasteiger partial charge in [0.1, 0.15) is 29.3 Å². The zero-order chi connectivity index (χ0) is 25.8. The quantitative estimate of drug-likeness (QED) is 0.368. The largest absolute Gasteiger partial charge is 0.507 e. The summed E-state index contributed by atoms with van der Waals surface area (Å²) < 4.78 is 11.5. The average Bonchev–Trinajstić information content (AvgIpc) is 2.76. The number of esters is 1. The molecule has 0 aromatic heterocycles. The number of hydrogen-bond acceptors (Lipinski definition) is 5. The van der Waals surface area contributed by atoms with Crippen LogP contribution in [0.15, 0.2) is 60.7 Å². The zero-order valence-electron chi connectivity index (χ0n) is 20.8. The molecule has 0 aliphatic heterocycles. The number of aromatic hydroxyl groups is 1. The number of benzene rings is 3. The van der Waals surface area contributed by atoms with Crippen molar-refractivity contribution in [3.05, 3.63) is 82.9 Å². The van der Waals surface area contributed by atoms with E-state index in [2.05, 4.69) is 0 Å². The van der Waals surface area contributed by atoms with E-state index in [0.717, 1.165) is 16.7 Å². The fraction of sp³-hybridized carbons (Fsp3) is 0.310. The normalized spacial score (nSPS) is 11.4. The van der Waals surface area contributed by atoms with E-state index < -0.39 is 17.5 Å². The van der Waals surface area contributed by atoms with Crippen molar-refractivity contribution in [2.24, 2.45) is 0 Å². The van der Waals surface area contributed by atoms with Crippen LogP contribution in [-0.2, 0) is 22.6 Å². The third-order valence-corrected chi connectivity index (χ3v) is 5.41. The molecule has 0 atom stereocenters. The highest BCUT2D eigenvalue weighted by molar-refractivity contribution is 5.95. The van der Waals surface area contributed by atoms with Crippen LogP contribution < -0.4 is 4.74 Å². The van der Waals surface area contributed by atoms with Crippen LogP contribution in [0.2, 0.25) is 0 Å². The molecule has 6 heteroatoms. The third kappa shape index (κ3) is 6.85. The summed E-state index contributed by atoms with van der Waals surface area (Å²) in [6.45, 7) is 9.34. The second kappa shape index (κ2) is 10.6. The first-order valence-electron chi connectivity index (χ1n) is 11.6. The fourth-order valence-corrected chi connectivity index (χ4v) is 3.69. The van der Waals surface area contributed by atoms with E-state index >= 15 is 0 Å². The Labute approximate surface area is 206 Å². The second-order valence-corrected chi connectivity index (χ2v) is 9.77. The van der Waals surface area contributed by atoms with Gasteiger partial charge in [0.15, 0.2) is 0 Å². The smallest absolute Gasteiger partial charge is 0.342 e. The first-order valence-corrected chi connectivity index (χ1v) is 11.6. The predicted molar refractivity (Wildman–Crippen MR) is 135 cm³/mol. The molecule has 3 aromatic rings. The molecule has 0 bridgehead atoms. The lowest BCUT2D eigenvalue weighted by atomic mass is 9.95. The Morgan fingerprint density at radius 3 is 1.97 bits per heavy atom. The van der Waals surface area contributed by atoms with Crippen LogP contribution >= 0.6 is 0 Å². The zero-order valence-corrected chi connectivity index (χ0v) is 20.8. The maximum absolute atomic E-state index is 12.9. The number of carboxylic acids is 1. The Balaban J connectivity index is 1.78. The lowest BCUT2D eigenvalue weighted by Crippen LogP contribution is -2.25. The van der Waals surface area contributed by atoms with Gasteiger partial charge in [0.25, 0.3) is 0 Å². The van der Waals surface area contributed by atoms with Crippen LogP contribution in [0.25, 0.3) is 11.1 Å². The number of carbonyl (C=O) groups is 2. The molecular weight excluding hydrogens is 444 g/mol. The summed E-state index contributed by atoms with van der Waals surface area (Å²) in [6, 6.07) is 18.5. The number of carbonyl (C=O) groups excluding carboxylic acids is 1. The number of rotatable bonds is 8. The van der Waals surface area contributed by atoms with E-state index in [1.54, 1.807) is 39.0 Å². The van der Waals surface area contributed by atoms with Crippen molar-refractivity contribution in [2.75, 3.05) is 0 Å². The van der Waals surface area contributed by atoms with E-state index in [1.807, 2.05) is 56.3 Å². The summed E-state index contributed by atoms with van der Waals surface area (Å²) in [6.07, 6.45) is -0.00789. The van der Waals surface area contributed by atoms with Crippen molar-refractivity contribution >= 4 is 11.9 Å². The minimum atomic E-state index is -0.860. The summed E-state index contributed by atoms with van der Waals surface area (Å²) in [4.78, 5) is 23.8. The maximum Gasteiger partial charge on any atom is 0.342 e. The molecule has 0 spiro atoms. The van der Waals surface area contributed by atoms with Crippen LogP contribution in [0.5, 0.6) is 11.5 Å². The minimum Gasteiger partial charge on any atom is -0.507 e. The summed E-state index contributed by atoms with van der Waals surface area (Å²) in [5.41, 5.74) is 3.32. The van der Waals surface area contributed by atoms with E-state index in [4.69, 9.17) is 14.6 Å². The molecule has 0 aliphatic rings. The van der Waals surface area contributed by atoms with Gasteiger partial charge in [0.2, 0.25) is 0 Å². The Hall–Kier alpha value is -3.80. The first-order chi connectivity index (χ1) is 16.4. The number of hydrogen-bond donors (Lipinski definition) is 2. The first kappa shape index (κ1) is 25.8. The topological polar surface area (TPSA) is 93.1 Å². The standard InChI is InChI=1S/C29H32O6/c1-18(2)24-15-12-22(26(27(24)32)28(33)35-29(3,4)5)17-34-23-13-10-21(11-14-23)20-8-6-19(7-9-20)16-25(30)31/h6-15,18,32H,16-17H2,1-5H3,(H,30,31). The second-order valence-electron chi connectivity index (χ2n) is 9.77. The van der Waals surface area contributed by atoms with Crippen LogP contribution in [0, 0.1) is 0 Å². The lowest BCUT2D eigenvalue weighted by Gasteiger charge is -2.22. The molecule has 0 saturated heterocycles. The Morgan fingerprint density at radius 2 is 1.46 bits per heavy atom. The molecule has 2 N–H and O–H groups in total. The molecule has 0 heterocycles. The number of ether oxygens (including phenoxy) is 2. The Bertz CT molecular complexity index is 1190. The third-order valence-electron chi connectivity index (χ3n) is 5.41. The van der Waals surface area contributed by atoms with Gasteiger partial charge in [-0.2, -0.15) is 0 Å². The van der Waals surface area contributed by atoms with E-state index in [0.29, 0.717) is 16.9 Å². The van der Waals surface area contributed by atoms with E-state index in [1.165, 1.54) is 0 Å². The van der Waals surface area contributed by atoms with E-state index in [-0.39, 0.29) is 30.3 Å². The van der Waals surface area contributed by atoms with E-state index in [9.17, 15) is 14.7 Å². The van der Waals surface area contributed by atoms with Crippen molar-refractivity contribution in [1.29, 1.82) is 0 Å². The monoisotopic (exact) mass is 476 g/mol. The predicted octanol–water partition coefficient (Wildman–Crippen LogP) is 6.34. The summed E-state index contributed by atoms with van der Waals surface area (Å²) in [7, 11) is 0. The lowest BCUT2D eigenvalue weighted by molar-refractivity contribution is -0.136. The van der Waals surface area contributed by atoms with Gasteiger partial charge >= 0.3 is 11.9 Å². The number of aliphatic carboxylic acids is 1. The highest BCUT2D eigenvalue weighted by Crippen LogP contribution is 2.33. The van der Waals surface area contributed by atoms with Gasteiger partial charge in [-0.05, 0) is 61.1 Å². The minimum absolute atomic E-state index is 0.00789. The van der Waals surface area contributed by atoms with Gasteiger partial charge in [0.05, 0.1) is 6.42 Å². The van der Waals surface area contributed by atoms with Crippen molar-refractivity contribution in [3.63, 3.8) is 0 Å². The van der Waals surface area contributed by atoms with Gasteiger partial charge in [0, 0.05) is 5.56 Å². The van der Waals surface area contributed by atoms with Gasteiger partial charge in [-0.1, -0.05) is 62.4 Å². The molecule has 6 nitrogen and oxygen atoms in total. The van der Waals surface area contributed by atoms with Crippen LogP contribution in [0.3, 0.4) is 0 Å². The molecule has 0 unspecified atom stereocenters. The SMILES string of the molecule is CC(C)c1ccc(COc2ccc(-c3ccc(CC(=O)O)cc3)cc2)c(C(=O)OC(C)(C)C)c1O. The maximum atomic E-state index is 12.9. The molecule has 0 radical (unpaired) electrons.